The van der Waals surface area contributed by atoms with Crippen LogP contribution in [0.4, 0.5) is 23.1 Å². The van der Waals surface area contributed by atoms with E-state index in [0.29, 0.717) is 17.6 Å². The molecular weight excluding hydrogens is 430 g/mol. The molecule has 0 spiro atoms. The number of rotatable bonds is 5. The smallest absolute Gasteiger partial charge is 0.249 e. The summed E-state index contributed by atoms with van der Waals surface area (Å²) in [5.41, 5.74) is 3.41. The Morgan fingerprint density at radius 1 is 1.18 bits per heavy atom. The fraction of sp³-hybridized carbons (Fsp3) is 0.440. The topological polar surface area (TPSA) is 88.4 Å². The molecular formula is C25H31N7O2. The molecule has 0 bridgehead atoms. The van der Waals surface area contributed by atoms with Gasteiger partial charge in [-0.05, 0) is 44.2 Å². The van der Waals surface area contributed by atoms with Gasteiger partial charge in [0, 0.05) is 31.5 Å². The van der Waals surface area contributed by atoms with Crippen molar-refractivity contribution >= 4 is 29.0 Å². The van der Waals surface area contributed by atoms with Crippen molar-refractivity contribution in [2.24, 2.45) is 5.92 Å². The van der Waals surface area contributed by atoms with Gasteiger partial charge in [0.15, 0.2) is 5.82 Å². The second-order valence-electron chi connectivity index (χ2n) is 9.08. The molecule has 2 aliphatic heterocycles. The normalized spacial score (nSPS) is 19.9. The number of aryl methyl sites for hydroxylation is 1. The molecule has 2 aliphatic rings. The molecule has 4 heterocycles. The van der Waals surface area contributed by atoms with Crippen LogP contribution in [0.2, 0.25) is 0 Å². The molecule has 2 aromatic heterocycles. The van der Waals surface area contributed by atoms with Crippen molar-refractivity contribution in [3.05, 3.63) is 42.6 Å². The fourth-order valence-corrected chi connectivity index (χ4v) is 4.96. The fourth-order valence-electron chi connectivity index (χ4n) is 4.96. The Hall–Kier alpha value is -3.62. The van der Waals surface area contributed by atoms with Crippen molar-refractivity contribution in [2.45, 2.75) is 45.6 Å². The van der Waals surface area contributed by atoms with Crippen LogP contribution in [0.15, 0.2) is 36.9 Å². The Morgan fingerprint density at radius 2 is 2.03 bits per heavy atom. The molecule has 9 nitrogen and oxygen atoms in total. The lowest BCUT2D eigenvalue weighted by atomic mass is 9.96. The molecule has 2 unspecified atom stereocenters. The Bertz CT molecular complexity index is 1210. The molecule has 2 atom stereocenters. The number of anilines is 4. The highest BCUT2D eigenvalue weighted by molar-refractivity contribution is 6.04. The molecule has 1 amide bonds. The average molecular weight is 462 g/mol. The van der Waals surface area contributed by atoms with Gasteiger partial charge in [-0.15, -0.1) is 0 Å². The Kier molecular flexibility index (Phi) is 5.85. The quantitative estimate of drug-likeness (QED) is 0.612. The minimum Gasteiger partial charge on any atom is -0.494 e. The van der Waals surface area contributed by atoms with Crippen LogP contribution in [-0.4, -0.2) is 52.2 Å². The van der Waals surface area contributed by atoms with E-state index in [1.807, 2.05) is 42.9 Å². The van der Waals surface area contributed by atoms with E-state index in [9.17, 15) is 4.79 Å². The lowest BCUT2D eigenvalue weighted by Gasteiger charge is -2.39. The number of nitrogens with one attached hydrogen (secondary N) is 1. The summed E-state index contributed by atoms with van der Waals surface area (Å²) in [7, 11) is 3.47. The van der Waals surface area contributed by atoms with Gasteiger partial charge >= 0.3 is 0 Å². The van der Waals surface area contributed by atoms with Crippen LogP contribution in [0, 0.1) is 12.8 Å². The van der Waals surface area contributed by atoms with E-state index in [2.05, 4.69) is 27.1 Å². The van der Waals surface area contributed by atoms with Crippen LogP contribution in [0.25, 0.3) is 5.69 Å². The van der Waals surface area contributed by atoms with Crippen molar-refractivity contribution in [3.8, 4) is 11.4 Å². The van der Waals surface area contributed by atoms with Gasteiger partial charge in [-0.3, -0.25) is 4.79 Å². The number of imidazole rings is 1. The molecule has 0 aliphatic carbocycles. The number of benzene rings is 1. The van der Waals surface area contributed by atoms with Crippen molar-refractivity contribution in [2.75, 3.05) is 35.8 Å². The molecule has 9 heteroatoms. The molecule has 1 fully saturated rings. The van der Waals surface area contributed by atoms with Crippen LogP contribution >= 0.6 is 0 Å². The van der Waals surface area contributed by atoms with Crippen molar-refractivity contribution in [3.63, 3.8) is 0 Å². The number of carbonyl (C=O) groups excluding carboxylic acids is 1. The molecule has 178 valence electrons. The third kappa shape index (κ3) is 3.95. The summed E-state index contributed by atoms with van der Waals surface area (Å²) >= 11 is 0. The van der Waals surface area contributed by atoms with Crippen LogP contribution in [0.3, 0.4) is 0 Å². The Labute approximate surface area is 199 Å². The highest BCUT2D eigenvalue weighted by Gasteiger charge is 2.39. The minimum atomic E-state index is -0.158. The lowest BCUT2D eigenvalue weighted by Crippen LogP contribution is -2.52. The maximum Gasteiger partial charge on any atom is 0.249 e. The Balaban J connectivity index is 1.44. The molecule has 0 saturated carbocycles. The van der Waals surface area contributed by atoms with Crippen molar-refractivity contribution in [1.29, 1.82) is 0 Å². The molecule has 1 N–H and O–H groups in total. The van der Waals surface area contributed by atoms with E-state index in [-0.39, 0.29) is 11.9 Å². The number of aromatic nitrogens is 4. The largest absolute Gasteiger partial charge is 0.494 e. The van der Waals surface area contributed by atoms with E-state index in [1.54, 1.807) is 24.5 Å². The SMILES string of the molecule is CCC1CCC2C(=O)N(C)c3cnc(Nc4ccc(-n5cnc(C)c5)c(OC)c4)nc3N2CC1. The van der Waals surface area contributed by atoms with Gasteiger partial charge < -0.3 is 24.4 Å². The van der Waals surface area contributed by atoms with E-state index < -0.39 is 0 Å². The summed E-state index contributed by atoms with van der Waals surface area (Å²) in [4.78, 5) is 30.6. The van der Waals surface area contributed by atoms with Crippen LogP contribution < -0.4 is 19.9 Å². The second kappa shape index (κ2) is 8.96. The lowest BCUT2D eigenvalue weighted by molar-refractivity contribution is -0.120. The number of fused-ring (bicyclic) bond motifs is 3. The van der Waals surface area contributed by atoms with Gasteiger partial charge in [-0.2, -0.15) is 4.98 Å². The molecule has 1 aromatic carbocycles. The van der Waals surface area contributed by atoms with Gasteiger partial charge in [-0.25, -0.2) is 9.97 Å². The van der Waals surface area contributed by atoms with Crippen LogP contribution in [0.5, 0.6) is 5.75 Å². The molecule has 3 aromatic rings. The number of carbonyl (C=O) groups is 1. The monoisotopic (exact) mass is 461 g/mol. The van der Waals surface area contributed by atoms with Gasteiger partial charge in [0.25, 0.3) is 0 Å². The van der Waals surface area contributed by atoms with Crippen molar-refractivity contribution in [1.82, 2.24) is 19.5 Å². The summed E-state index contributed by atoms with van der Waals surface area (Å²) in [6.07, 6.45) is 9.61. The first kappa shape index (κ1) is 22.2. The third-order valence-corrected chi connectivity index (χ3v) is 7.00. The molecule has 34 heavy (non-hydrogen) atoms. The van der Waals surface area contributed by atoms with E-state index in [1.165, 1.54) is 0 Å². The summed E-state index contributed by atoms with van der Waals surface area (Å²) in [6, 6.07) is 5.70. The molecule has 5 rings (SSSR count). The number of nitrogens with zero attached hydrogens (tertiary/aromatic N) is 6. The van der Waals surface area contributed by atoms with E-state index in [0.717, 1.165) is 60.8 Å². The maximum absolute atomic E-state index is 13.1. The first-order valence-electron chi connectivity index (χ1n) is 11.9. The number of hydrogen-bond donors (Lipinski definition) is 1. The first-order chi connectivity index (χ1) is 16.5. The first-order valence-corrected chi connectivity index (χ1v) is 11.9. The predicted molar refractivity (Wildman–Crippen MR) is 132 cm³/mol. The zero-order valence-electron chi connectivity index (χ0n) is 20.2. The second-order valence-corrected chi connectivity index (χ2v) is 9.08. The van der Waals surface area contributed by atoms with E-state index in [4.69, 9.17) is 9.72 Å². The van der Waals surface area contributed by atoms with Crippen LogP contribution in [0.1, 0.15) is 38.3 Å². The van der Waals surface area contributed by atoms with Gasteiger partial charge in [0.2, 0.25) is 11.9 Å². The minimum absolute atomic E-state index is 0.128. The van der Waals surface area contributed by atoms with Crippen LogP contribution in [-0.2, 0) is 4.79 Å². The molecule has 1 saturated heterocycles. The third-order valence-electron chi connectivity index (χ3n) is 7.00. The number of amides is 1. The Morgan fingerprint density at radius 3 is 2.76 bits per heavy atom. The summed E-state index contributed by atoms with van der Waals surface area (Å²) in [5, 5.41) is 3.31. The van der Waals surface area contributed by atoms with Gasteiger partial charge in [0.05, 0.1) is 31.0 Å². The van der Waals surface area contributed by atoms with E-state index >= 15 is 0 Å². The zero-order chi connectivity index (χ0) is 23.8. The summed E-state index contributed by atoms with van der Waals surface area (Å²) < 4.78 is 7.56. The average Bonchev–Trinajstić information content (AvgIpc) is 3.16. The highest BCUT2D eigenvalue weighted by Crippen LogP contribution is 2.38. The predicted octanol–water partition coefficient (Wildman–Crippen LogP) is 4.08. The standard InChI is InChI=1S/C25H31N7O2/c1-5-17-6-8-20-24(33)30(3)21-13-26-25(29-23(21)32(20)11-10-17)28-18-7-9-19(22(12-18)34-4)31-14-16(2)27-15-31/h7,9,12-15,17,20H,5-6,8,10-11H2,1-4H3,(H,26,28,29). The zero-order valence-corrected chi connectivity index (χ0v) is 20.2. The summed E-state index contributed by atoms with van der Waals surface area (Å²) in [5.74, 6) is 2.80. The number of methoxy groups -OCH3 is 1. The van der Waals surface area contributed by atoms with Crippen molar-refractivity contribution < 1.29 is 9.53 Å². The number of likely N-dealkylation sites (N-methyl/N-ethyl adjacent to an activating group) is 1. The molecule has 0 radical (unpaired) electrons. The number of hydrogen-bond acceptors (Lipinski definition) is 7. The van der Waals surface area contributed by atoms with Gasteiger partial charge in [0.1, 0.15) is 17.5 Å². The summed E-state index contributed by atoms with van der Waals surface area (Å²) in [6.45, 7) is 5.02. The van der Waals surface area contributed by atoms with Gasteiger partial charge in [-0.1, -0.05) is 13.3 Å². The highest BCUT2D eigenvalue weighted by atomic mass is 16.5. The number of ether oxygens (including phenoxy) is 1. The maximum atomic E-state index is 13.1.